The van der Waals surface area contributed by atoms with E-state index in [1.165, 1.54) is 19.2 Å². The van der Waals surface area contributed by atoms with Crippen molar-refractivity contribution >= 4 is 23.7 Å². The van der Waals surface area contributed by atoms with Gasteiger partial charge in [-0.3, -0.25) is 9.79 Å². The van der Waals surface area contributed by atoms with Gasteiger partial charge in [-0.25, -0.2) is 4.39 Å². The fraction of sp³-hybridized carbons (Fsp3) is 0.529. The van der Waals surface area contributed by atoms with Gasteiger partial charge in [0.15, 0.2) is 5.96 Å². The second-order valence-corrected chi connectivity index (χ2v) is 6.39. The standard InChI is InChI=1S/C17H26FN3O2S/c1-4-19-17(21-12-13(2)16(22)23-3)20-10-5-11-24-15-8-6-14(18)7-9-15/h6-9,13H,4-5,10-12H2,1-3H3,(H2,19,20,21). The third-order valence-corrected chi connectivity index (χ3v) is 4.27. The summed E-state index contributed by atoms with van der Waals surface area (Å²) in [6.07, 6.45) is 0.943. The Morgan fingerprint density at radius 1 is 1.33 bits per heavy atom. The molecule has 0 aromatic heterocycles. The zero-order valence-electron chi connectivity index (χ0n) is 14.5. The summed E-state index contributed by atoms with van der Waals surface area (Å²) < 4.78 is 17.5. The number of thioether (sulfide) groups is 1. The summed E-state index contributed by atoms with van der Waals surface area (Å²) in [6, 6.07) is 6.51. The number of methoxy groups -OCH3 is 1. The molecule has 0 heterocycles. The topological polar surface area (TPSA) is 62.7 Å². The maximum atomic E-state index is 12.8. The maximum absolute atomic E-state index is 12.8. The van der Waals surface area contributed by atoms with Crippen molar-refractivity contribution in [1.82, 2.24) is 10.6 Å². The highest BCUT2D eigenvalue weighted by atomic mass is 32.2. The van der Waals surface area contributed by atoms with E-state index in [1.807, 2.05) is 6.92 Å². The summed E-state index contributed by atoms with van der Waals surface area (Å²) in [5.74, 6) is 0.884. The van der Waals surface area contributed by atoms with Gasteiger partial charge in [0.2, 0.25) is 0 Å². The van der Waals surface area contributed by atoms with E-state index in [1.54, 1.807) is 30.8 Å². The van der Waals surface area contributed by atoms with Crippen molar-refractivity contribution in [3.63, 3.8) is 0 Å². The van der Waals surface area contributed by atoms with Gasteiger partial charge in [0.25, 0.3) is 0 Å². The number of nitrogens with one attached hydrogen (secondary N) is 2. The summed E-state index contributed by atoms with van der Waals surface area (Å²) in [6.45, 7) is 5.69. The number of nitrogens with zero attached hydrogens (tertiary/aromatic N) is 1. The first kappa shape index (κ1) is 20.3. The molecule has 5 nitrogen and oxygen atoms in total. The van der Waals surface area contributed by atoms with Gasteiger partial charge in [0, 0.05) is 18.0 Å². The number of rotatable bonds is 9. The molecule has 7 heteroatoms. The average Bonchev–Trinajstić information content (AvgIpc) is 2.59. The van der Waals surface area contributed by atoms with E-state index in [2.05, 4.69) is 15.6 Å². The third kappa shape index (κ3) is 8.19. The second-order valence-electron chi connectivity index (χ2n) is 5.23. The normalized spacial score (nSPS) is 12.6. The number of carbonyl (C=O) groups excluding carboxylic acids is 1. The van der Waals surface area contributed by atoms with Crippen molar-refractivity contribution in [2.45, 2.75) is 25.2 Å². The molecule has 2 N–H and O–H groups in total. The Bertz CT molecular complexity index is 523. The van der Waals surface area contributed by atoms with Crippen LogP contribution in [-0.4, -0.2) is 44.4 Å². The molecule has 0 fully saturated rings. The lowest BCUT2D eigenvalue weighted by molar-refractivity contribution is -0.144. The number of guanidine groups is 1. The SMILES string of the molecule is CCNC(=NCC(C)C(=O)OC)NCCCSc1ccc(F)cc1. The van der Waals surface area contributed by atoms with Crippen LogP contribution in [0.3, 0.4) is 0 Å². The number of benzene rings is 1. The van der Waals surface area contributed by atoms with Crippen LogP contribution in [0, 0.1) is 11.7 Å². The predicted molar refractivity (Wildman–Crippen MR) is 96.9 cm³/mol. The Balaban J connectivity index is 2.30. The van der Waals surface area contributed by atoms with E-state index in [4.69, 9.17) is 4.74 Å². The van der Waals surface area contributed by atoms with Crippen molar-refractivity contribution in [3.8, 4) is 0 Å². The lowest BCUT2D eigenvalue weighted by atomic mass is 10.2. The number of aliphatic imine (C=N–C) groups is 1. The van der Waals surface area contributed by atoms with E-state index >= 15 is 0 Å². The van der Waals surface area contributed by atoms with Crippen LogP contribution in [0.15, 0.2) is 34.2 Å². The van der Waals surface area contributed by atoms with Crippen LogP contribution in [0.1, 0.15) is 20.3 Å². The fourth-order valence-corrected chi connectivity index (χ4v) is 2.70. The van der Waals surface area contributed by atoms with Crippen molar-refractivity contribution in [3.05, 3.63) is 30.1 Å². The van der Waals surface area contributed by atoms with E-state index in [0.29, 0.717) is 12.5 Å². The zero-order valence-corrected chi connectivity index (χ0v) is 15.3. The predicted octanol–water partition coefficient (Wildman–Crippen LogP) is 2.67. The minimum absolute atomic E-state index is 0.214. The van der Waals surface area contributed by atoms with Crippen molar-refractivity contribution < 1.29 is 13.9 Å². The van der Waals surface area contributed by atoms with Crippen molar-refractivity contribution in [2.75, 3.05) is 32.5 Å². The van der Waals surface area contributed by atoms with Gasteiger partial charge >= 0.3 is 5.97 Å². The molecule has 1 atom stereocenters. The highest BCUT2D eigenvalue weighted by Crippen LogP contribution is 2.18. The van der Waals surface area contributed by atoms with Crippen LogP contribution < -0.4 is 10.6 Å². The molecule has 0 bridgehead atoms. The second kappa shape index (κ2) is 11.7. The van der Waals surface area contributed by atoms with Crippen LogP contribution in [0.5, 0.6) is 0 Å². The molecule has 0 amide bonds. The summed E-state index contributed by atoms with van der Waals surface area (Å²) >= 11 is 1.69. The molecule has 24 heavy (non-hydrogen) atoms. The first-order valence-electron chi connectivity index (χ1n) is 8.05. The molecule has 0 saturated carbocycles. The number of hydrogen-bond acceptors (Lipinski definition) is 4. The van der Waals surface area contributed by atoms with Gasteiger partial charge in [-0.15, -0.1) is 11.8 Å². The molecule has 1 aromatic rings. The number of halogens is 1. The summed E-state index contributed by atoms with van der Waals surface area (Å²) in [5.41, 5.74) is 0. The lowest BCUT2D eigenvalue weighted by Gasteiger charge is -2.12. The van der Waals surface area contributed by atoms with Gasteiger partial charge in [-0.2, -0.15) is 0 Å². The van der Waals surface area contributed by atoms with Crippen LogP contribution in [0.25, 0.3) is 0 Å². The minimum Gasteiger partial charge on any atom is -0.469 e. The molecule has 0 saturated heterocycles. The van der Waals surface area contributed by atoms with Gasteiger partial charge in [-0.05, 0) is 43.4 Å². The fourth-order valence-electron chi connectivity index (χ4n) is 1.85. The summed E-state index contributed by atoms with van der Waals surface area (Å²) in [5, 5.41) is 6.39. The maximum Gasteiger partial charge on any atom is 0.310 e. The summed E-state index contributed by atoms with van der Waals surface area (Å²) in [4.78, 5) is 16.8. The molecule has 1 unspecified atom stereocenters. The smallest absolute Gasteiger partial charge is 0.310 e. The van der Waals surface area contributed by atoms with Gasteiger partial charge in [0.05, 0.1) is 19.6 Å². The Kier molecular flexibility index (Phi) is 9.91. The molecule has 0 aliphatic rings. The molecule has 1 rings (SSSR count). The highest BCUT2D eigenvalue weighted by Gasteiger charge is 2.12. The number of ether oxygens (including phenoxy) is 1. The quantitative estimate of drug-likeness (QED) is 0.234. The van der Waals surface area contributed by atoms with Gasteiger partial charge in [0.1, 0.15) is 5.82 Å². The zero-order chi connectivity index (χ0) is 17.8. The Labute approximate surface area is 147 Å². The molecule has 0 spiro atoms. The van der Waals surface area contributed by atoms with Crippen molar-refractivity contribution in [1.29, 1.82) is 0 Å². The van der Waals surface area contributed by atoms with Crippen LogP contribution in [-0.2, 0) is 9.53 Å². The average molecular weight is 355 g/mol. The third-order valence-electron chi connectivity index (χ3n) is 3.17. The van der Waals surface area contributed by atoms with E-state index in [-0.39, 0.29) is 17.7 Å². The van der Waals surface area contributed by atoms with E-state index in [9.17, 15) is 9.18 Å². The molecule has 0 aliphatic carbocycles. The molecule has 134 valence electrons. The molecule has 1 aromatic carbocycles. The number of hydrogen-bond donors (Lipinski definition) is 2. The van der Waals surface area contributed by atoms with E-state index < -0.39 is 0 Å². The first-order valence-corrected chi connectivity index (χ1v) is 9.03. The molecule has 0 radical (unpaired) electrons. The first-order chi connectivity index (χ1) is 11.6. The van der Waals surface area contributed by atoms with Crippen LogP contribution >= 0.6 is 11.8 Å². The highest BCUT2D eigenvalue weighted by molar-refractivity contribution is 7.99. The number of esters is 1. The van der Waals surface area contributed by atoms with Gasteiger partial charge < -0.3 is 15.4 Å². The minimum atomic E-state index is -0.264. The van der Waals surface area contributed by atoms with Crippen LogP contribution in [0.2, 0.25) is 0 Å². The lowest BCUT2D eigenvalue weighted by Crippen LogP contribution is -2.38. The molecule has 0 aliphatic heterocycles. The van der Waals surface area contributed by atoms with Crippen LogP contribution in [0.4, 0.5) is 4.39 Å². The van der Waals surface area contributed by atoms with Crippen molar-refractivity contribution in [2.24, 2.45) is 10.9 Å². The number of carbonyl (C=O) groups is 1. The Hall–Kier alpha value is -1.76. The Morgan fingerprint density at radius 2 is 2.04 bits per heavy atom. The van der Waals surface area contributed by atoms with Gasteiger partial charge in [-0.1, -0.05) is 6.92 Å². The van der Waals surface area contributed by atoms with E-state index in [0.717, 1.165) is 30.2 Å². The molecular weight excluding hydrogens is 329 g/mol. The monoisotopic (exact) mass is 355 g/mol. The molecular formula is C17H26FN3O2S. The Morgan fingerprint density at radius 3 is 2.67 bits per heavy atom. The summed E-state index contributed by atoms with van der Waals surface area (Å²) in [7, 11) is 1.38. The largest absolute Gasteiger partial charge is 0.469 e.